The predicted molar refractivity (Wildman–Crippen MR) is 132 cm³/mol. The number of aryl methyl sites for hydroxylation is 1. The van der Waals surface area contributed by atoms with Crippen molar-refractivity contribution in [3.63, 3.8) is 0 Å². The van der Waals surface area contributed by atoms with Crippen LogP contribution in [-0.4, -0.2) is 15.3 Å². The molecule has 4 aromatic rings. The van der Waals surface area contributed by atoms with Crippen LogP contribution in [0.4, 0.5) is 11.4 Å². The lowest BCUT2D eigenvalue weighted by molar-refractivity contribution is 0.274. The van der Waals surface area contributed by atoms with Crippen LogP contribution in [0.3, 0.4) is 0 Å². The molecule has 0 amide bonds. The third kappa shape index (κ3) is 5.29. The van der Waals surface area contributed by atoms with Crippen LogP contribution in [0.1, 0.15) is 22.3 Å². The standard InChI is InChI=1S/C27H24N2O6/c1-3-4-22-26(33)24(13-23-16(2)9-25(32)35-27(22)23)29-28-19-5-7-20(8-6-19)34-21-11-17(14-30)10-18(12-21)15-31/h3,5-13,30-31,33H,1,4,14-15H2,2H3. The zero-order valence-electron chi connectivity index (χ0n) is 19.1. The zero-order chi connectivity index (χ0) is 24.9. The highest BCUT2D eigenvalue weighted by molar-refractivity contribution is 5.89. The van der Waals surface area contributed by atoms with Crippen LogP contribution in [0.25, 0.3) is 11.0 Å². The molecule has 0 saturated carbocycles. The fourth-order valence-electron chi connectivity index (χ4n) is 3.70. The third-order valence-corrected chi connectivity index (χ3v) is 5.38. The van der Waals surface area contributed by atoms with Gasteiger partial charge in [-0.25, -0.2) is 4.79 Å². The maximum Gasteiger partial charge on any atom is 0.336 e. The normalized spacial score (nSPS) is 11.3. The lowest BCUT2D eigenvalue weighted by Gasteiger charge is -2.10. The van der Waals surface area contributed by atoms with Crippen LogP contribution in [0, 0.1) is 6.92 Å². The molecule has 0 aliphatic carbocycles. The van der Waals surface area contributed by atoms with Crippen molar-refractivity contribution in [1.29, 1.82) is 0 Å². The first-order chi connectivity index (χ1) is 16.9. The van der Waals surface area contributed by atoms with E-state index < -0.39 is 5.63 Å². The quantitative estimate of drug-likeness (QED) is 0.171. The number of rotatable bonds is 8. The summed E-state index contributed by atoms with van der Waals surface area (Å²) in [6.45, 7) is 5.17. The van der Waals surface area contributed by atoms with Gasteiger partial charge in [0.15, 0.2) is 0 Å². The van der Waals surface area contributed by atoms with Gasteiger partial charge in [-0.05, 0) is 72.5 Å². The smallest absolute Gasteiger partial charge is 0.336 e. The number of phenols is 1. The SMILES string of the molecule is C=CCc1c(O)c(N=Nc2ccc(Oc3cc(CO)cc(CO)c3)cc2)cc2c(C)cc(=O)oc12. The van der Waals surface area contributed by atoms with E-state index in [1.54, 1.807) is 61.5 Å². The summed E-state index contributed by atoms with van der Waals surface area (Å²) in [6.07, 6.45) is 1.90. The number of aliphatic hydroxyl groups excluding tert-OH is 2. The van der Waals surface area contributed by atoms with Crippen LogP contribution in [0.2, 0.25) is 0 Å². The van der Waals surface area contributed by atoms with Gasteiger partial charge in [-0.1, -0.05) is 12.1 Å². The summed E-state index contributed by atoms with van der Waals surface area (Å²) in [4.78, 5) is 11.8. The minimum Gasteiger partial charge on any atom is -0.505 e. The van der Waals surface area contributed by atoms with E-state index in [2.05, 4.69) is 16.8 Å². The van der Waals surface area contributed by atoms with Gasteiger partial charge in [-0.3, -0.25) is 0 Å². The maximum absolute atomic E-state index is 11.8. The van der Waals surface area contributed by atoms with E-state index in [-0.39, 0.29) is 24.7 Å². The molecule has 8 nitrogen and oxygen atoms in total. The molecule has 0 unspecified atom stereocenters. The summed E-state index contributed by atoms with van der Waals surface area (Å²) < 4.78 is 11.2. The van der Waals surface area contributed by atoms with Gasteiger partial charge in [0.25, 0.3) is 0 Å². The van der Waals surface area contributed by atoms with Gasteiger partial charge >= 0.3 is 5.63 Å². The van der Waals surface area contributed by atoms with Crippen molar-refractivity contribution >= 4 is 22.3 Å². The molecular weight excluding hydrogens is 448 g/mol. The molecule has 3 aromatic carbocycles. The summed E-state index contributed by atoms with van der Waals surface area (Å²) in [5, 5.41) is 38.6. The molecule has 4 rings (SSSR count). The van der Waals surface area contributed by atoms with Gasteiger partial charge in [-0.2, -0.15) is 5.11 Å². The average molecular weight is 472 g/mol. The first kappa shape index (κ1) is 23.9. The molecule has 0 aliphatic rings. The van der Waals surface area contributed by atoms with Gasteiger partial charge in [0.05, 0.1) is 18.9 Å². The molecule has 3 N–H and O–H groups in total. The van der Waals surface area contributed by atoms with Gasteiger partial charge < -0.3 is 24.5 Å². The van der Waals surface area contributed by atoms with Crippen molar-refractivity contribution in [2.75, 3.05) is 0 Å². The van der Waals surface area contributed by atoms with Gasteiger partial charge in [0.2, 0.25) is 0 Å². The molecule has 0 aliphatic heterocycles. The van der Waals surface area contributed by atoms with Crippen LogP contribution in [-0.2, 0) is 19.6 Å². The van der Waals surface area contributed by atoms with E-state index >= 15 is 0 Å². The molecule has 0 bridgehead atoms. The molecule has 0 atom stereocenters. The minimum absolute atomic E-state index is 0.127. The molecule has 8 heteroatoms. The minimum atomic E-state index is -0.493. The van der Waals surface area contributed by atoms with Crippen molar-refractivity contribution < 1.29 is 24.5 Å². The first-order valence-electron chi connectivity index (χ1n) is 10.9. The Morgan fingerprint density at radius 2 is 1.66 bits per heavy atom. The summed E-state index contributed by atoms with van der Waals surface area (Å²) in [5.74, 6) is 0.904. The molecule has 0 fully saturated rings. The van der Waals surface area contributed by atoms with Crippen molar-refractivity contribution in [3.8, 4) is 17.2 Å². The van der Waals surface area contributed by atoms with E-state index in [0.717, 1.165) is 0 Å². The number of hydrogen-bond donors (Lipinski definition) is 3. The number of azo groups is 1. The number of nitrogens with zero attached hydrogens (tertiary/aromatic N) is 2. The monoisotopic (exact) mass is 472 g/mol. The van der Waals surface area contributed by atoms with Crippen LogP contribution in [0.5, 0.6) is 17.2 Å². The largest absolute Gasteiger partial charge is 0.505 e. The number of phenolic OH excluding ortho intramolecular Hbond substituents is 1. The summed E-state index contributed by atoms with van der Waals surface area (Å²) >= 11 is 0. The second-order valence-corrected chi connectivity index (χ2v) is 7.94. The van der Waals surface area contributed by atoms with E-state index in [9.17, 15) is 20.1 Å². The Hall–Kier alpha value is -4.27. The number of ether oxygens (including phenoxy) is 1. The third-order valence-electron chi connectivity index (χ3n) is 5.38. The first-order valence-corrected chi connectivity index (χ1v) is 10.9. The Morgan fingerprint density at radius 3 is 2.29 bits per heavy atom. The Bertz CT molecular complexity index is 1450. The maximum atomic E-state index is 11.8. The number of hydrogen-bond acceptors (Lipinski definition) is 8. The fraction of sp³-hybridized carbons (Fsp3) is 0.148. The zero-order valence-corrected chi connectivity index (χ0v) is 19.1. The van der Waals surface area contributed by atoms with E-state index in [1.807, 2.05) is 0 Å². The molecule has 0 saturated heterocycles. The highest BCUT2D eigenvalue weighted by Gasteiger charge is 2.16. The summed E-state index contributed by atoms with van der Waals surface area (Å²) in [5.41, 5.74) is 2.98. The summed E-state index contributed by atoms with van der Waals surface area (Å²) in [7, 11) is 0. The van der Waals surface area contributed by atoms with E-state index in [4.69, 9.17) is 9.15 Å². The Morgan fingerprint density at radius 1 is 0.971 bits per heavy atom. The number of benzene rings is 3. The predicted octanol–water partition coefficient (Wildman–Crippen LogP) is 5.73. The highest BCUT2D eigenvalue weighted by Crippen LogP contribution is 2.39. The number of fused-ring (bicyclic) bond motifs is 1. The summed E-state index contributed by atoms with van der Waals surface area (Å²) in [6, 6.07) is 14.9. The van der Waals surface area contributed by atoms with Gasteiger partial charge in [0, 0.05) is 17.0 Å². The fourth-order valence-corrected chi connectivity index (χ4v) is 3.70. The molecule has 0 radical (unpaired) electrons. The molecule has 1 aromatic heterocycles. The Labute approximate surface area is 201 Å². The molecule has 0 spiro atoms. The lowest BCUT2D eigenvalue weighted by Crippen LogP contribution is -2.00. The van der Waals surface area contributed by atoms with Crippen LogP contribution >= 0.6 is 0 Å². The van der Waals surface area contributed by atoms with E-state index in [0.29, 0.717) is 56.8 Å². The second-order valence-electron chi connectivity index (χ2n) is 7.94. The van der Waals surface area contributed by atoms with Gasteiger partial charge in [0.1, 0.15) is 28.5 Å². The molecular formula is C27H24N2O6. The highest BCUT2D eigenvalue weighted by atomic mass is 16.5. The Balaban J connectivity index is 1.61. The van der Waals surface area contributed by atoms with Gasteiger partial charge in [-0.15, -0.1) is 11.7 Å². The van der Waals surface area contributed by atoms with Crippen LogP contribution in [0.15, 0.2) is 86.7 Å². The van der Waals surface area contributed by atoms with Crippen molar-refractivity contribution in [2.45, 2.75) is 26.6 Å². The van der Waals surface area contributed by atoms with Crippen molar-refractivity contribution in [1.82, 2.24) is 0 Å². The molecule has 35 heavy (non-hydrogen) atoms. The molecule has 178 valence electrons. The Kier molecular flexibility index (Phi) is 7.05. The van der Waals surface area contributed by atoms with Crippen molar-refractivity contribution in [2.24, 2.45) is 10.2 Å². The number of allylic oxidation sites excluding steroid dienone is 1. The second kappa shape index (κ2) is 10.3. The average Bonchev–Trinajstić information content (AvgIpc) is 2.85. The number of aliphatic hydroxyl groups is 2. The molecule has 1 heterocycles. The lowest BCUT2D eigenvalue weighted by atomic mass is 10.0. The van der Waals surface area contributed by atoms with E-state index in [1.165, 1.54) is 6.07 Å². The van der Waals surface area contributed by atoms with Crippen LogP contribution < -0.4 is 10.4 Å². The van der Waals surface area contributed by atoms with Crippen molar-refractivity contribution in [3.05, 3.63) is 99.9 Å². The topological polar surface area (TPSA) is 125 Å². The number of aromatic hydroxyl groups is 1.